The van der Waals surface area contributed by atoms with E-state index in [9.17, 15) is 0 Å². The highest BCUT2D eigenvalue weighted by molar-refractivity contribution is 7.28. The van der Waals surface area contributed by atoms with Crippen LogP contribution in [0, 0.1) is 0 Å². The zero-order valence-corrected chi connectivity index (χ0v) is 12.7. The predicted octanol–water partition coefficient (Wildman–Crippen LogP) is 2.88. The first-order valence-electron chi connectivity index (χ1n) is 6.57. The van der Waals surface area contributed by atoms with E-state index >= 15 is 0 Å². The van der Waals surface area contributed by atoms with Gasteiger partial charge in [0.25, 0.3) is 0 Å². The third-order valence-corrected chi connectivity index (χ3v) is 3.70. The molecule has 1 unspecified atom stereocenters. The van der Waals surface area contributed by atoms with E-state index < -0.39 is 0 Å². The molecule has 0 aliphatic heterocycles. The molecule has 0 aliphatic rings. The summed E-state index contributed by atoms with van der Waals surface area (Å²) in [4.78, 5) is 4.84. The molecule has 0 aliphatic carbocycles. The molecule has 0 aromatic heterocycles. The van der Waals surface area contributed by atoms with Crippen LogP contribution in [0.4, 0.5) is 11.4 Å². The van der Waals surface area contributed by atoms with Crippen LogP contribution in [0.1, 0.15) is 27.7 Å². The van der Waals surface area contributed by atoms with Gasteiger partial charge in [0, 0.05) is 26.2 Å². The largest absolute Gasteiger partial charge is 0.370 e. The minimum atomic E-state index is 1.05. The van der Waals surface area contributed by atoms with Crippen molar-refractivity contribution in [2.75, 3.05) is 36.0 Å². The molecule has 1 aromatic carbocycles. The van der Waals surface area contributed by atoms with E-state index in [1.165, 1.54) is 16.7 Å². The first-order valence-corrected chi connectivity index (χ1v) is 7.15. The summed E-state index contributed by atoms with van der Waals surface area (Å²) in [6, 6.07) is 6.54. The van der Waals surface area contributed by atoms with Crippen molar-refractivity contribution in [3.05, 3.63) is 18.2 Å². The number of anilines is 2. The number of hydrogen-bond acceptors (Lipinski definition) is 2. The van der Waals surface area contributed by atoms with Crippen LogP contribution in [-0.4, -0.2) is 26.2 Å². The van der Waals surface area contributed by atoms with Crippen molar-refractivity contribution in [1.29, 1.82) is 0 Å². The molecule has 0 saturated carbocycles. The number of benzene rings is 1. The number of rotatable bonds is 6. The van der Waals surface area contributed by atoms with Gasteiger partial charge in [0.1, 0.15) is 0 Å². The van der Waals surface area contributed by atoms with Crippen LogP contribution in [0.25, 0.3) is 0 Å². The molecule has 1 atom stereocenters. The lowest BCUT2D eigenvalue weighted by molar-refractivity contribution is 0.835. The van der Waals surface area contributed by atoms with Gasteiger partial charge in [-0.25, -0.2) is 0 Å². The third kappa shape index (κ3) is 3.13. The van der Waals surface area contributed by atoms with Crippen molar-refractivity contribution < 1.29 is 0 Å². The lowest BCUT2D eigenvalue weighted by Gasteiger charge is -2.31. The average molecular weight is 252 g/mol. The van der Waals surface area contributed by atoms with E-state index in [4.69, 9.17) is 0 Å². The maximum atomic E-state index is 2.87. The summed E-state index contributed by atoms with van der Waals surface area (Å²) < 4.78 is 0. The van der Waals surface area contributed by atoms with Crippen molar-refractivity contribution in [2.24, 2.45) is 0 Å². The summed E-state index contributed by atoms with van der Waals surface area (Å²) in [6.45, 7) is 13.1. The second-order valence-electron chi connectivity index (χ2n) is 4.06. The topological polar surface area (TPSA) is 6.48 Å². The fourth-order valence-electron chi connectivity index (χ4n) is 2.25. The highest BCUT2D eigenvalue weighted by Gasteiger charge is 2.14. The van der Waals surface area contributed by atoms with Crippen molar-refractivity contribution >= 4 is 25.9 Å². The second kappa shape index (κ2) is 6.86. The van der Waals surface area contributed by atoms with Crippen molar-refractivity contribution in [1.82, 2.24) is 0 Å². The first-order chi connectivity index (χ1) is 8.19. The predicted molar refractivity (Wildman–Crippen MR) is 82.9 cm³/mol. The van der Waals surface area contributed by atoms with Crippen LogP contribution >= 0.6 is 9.24 Å². The first kappa shape index (κ1) is 14.3. The van der Waals surface area contributed by atoms with E-state index in [2.05, 4.69) is 64.9 Å². The van der Waals surface area contributed by atoms with Gasteiger partial charge in [-0.3, -0.25) is 0 Å². The maximum Gasteiger partial charge on any atom is 0.0676 e. The zero-order chi connectivity index (χ0) is 12.8. The van der Waals surface area contributed by atoms with Crippen LogP contribution in [-0.2, 0) is 0 Å². The van der Waals surface area contributed by atoms with E-state index in [1.807, 2.05) is 0 Å². The summed E-state index contributed by atoms with van der Waals surface area (Å²) in [5.74, 6) is 0. The van der Waals surface area contributed by atoms with Gasteiger partial charge in [-0.1, -0.05) is 12.1 Å². The molecule has 0 radical (unpaired) electrons. The molecule has 96 valence electrons. The molecule has 3 heteroatoms. The number of hydrogen-bond donors (Lipinski definition) is 0. The maximum absolute atomic E-state index is 2.87. The SMILES string of the molecule is CCN(CC)c1cccc(P)c1N(CC)CC. The molecule has 0 fully saturated rings. The van der Waals surface area contributed by atoms with Crippen molar-refractivity contribution in [2.45, 2.75) is 27.7 Å². The van der Waals surface area contributed by atoms with Crippen LogP contribution in [0.15, 0.2) is 18.2 Å². The van der Waals surface area contributed by atoms with Gasteiger partial charge in [0.05, 0.1) is 11.4 Å². The van der Waals surface area contributed by atoms with Crippen LogP contribution in [0.5, 0.6) is 0 Å². The van der Waals surface area contributed by atoms with Crippen molar-refractivity contribution in [3.8, 4) is 0 Å². The number of para-hydroxylation sites is 1. The second-order valence-corrected chi connectivity index (χ2v) is 4.68. The monoisotopic (exact) mass is 252 g/mol. The Labute approximate surface area is 108 Å². The molecule has 17 heavy (non-hydrogen) atoms. The van der Waals surface area contributed by atoms with Gasteiger partial charge in [0.15, 0.2) is 0 Å². The normalized spacial score (nSPS) is 10.4. The Morgan fingerprint density at radius 3 is 1.88 bits per heavy atom. The van der Waals surface area contributed by atoms with Gasteiger partial charge >= 0.3 is 0 Å². The molecule has 0 heterocycles. The van der Waals surface area contributed by atoms with E-state index in [0.717, 1.165) is 26.2 Å². The molecule has 2 nitrogen and oxygen atoms in total. The lowest BCUT2D eigenvalue weighted by atomic mass is 10.2. The smallest absolute Gasteiger partial charge is 0.0676 e. The summed E-state index contributed by atoms with van der Waals surface area (Å²) in [7, 11) is 2.87. The molecule has 0 spiro atoms. The Hall–Kier alpha value is -0.750. The number of nitrogens with zero attached hydrogens (tertiary/aromatic N) is 2. The molecular formula is C14H25N2P. The van der Waals surface area contributed by atoms with Gasteiger partial charge in [0.2, 0.25) is 0 Å². The quantitative estimate of drug-likeness (QED) is 0.718. The van der Waals surface area contributed by atoms with Gasteiger partial charge < -0.3 is 9.80 Å². The van der Waals surface area contributed by atoms with Crippen LogP contribution < -0.4 is 15.1 Å². The molecule has 0 amide bonds. The Bertz CT molecular complexity index is 344. The van der Waals surface area contributed by atoms with Gasteiger partial charge in [-0.2, -0.15) is 0 Å². The zero-order valence-electron chi connectivity index (χ0n) is 11.5. The summed E-state index contributed by atoms with van der Waals surface area (Å²) in [6.07, 6.45) is 0. The van der Waals surface area contributed by atoms with Crippen molar-refractivity contribution in [3.63, 3.8) is 0 Å². The van der Waals surface area contributed by atoms with Gasteiger partial charge in [-0.05, 0) is 39.1 Å². The highest BCUT2D eigenvalue weighted by atomic mass is 31.0. The molecular weight excluding hydrogens is 227 g/mol. The Kier molecular flexibility index (Phi) is 5.77. The standard InChI is InChI=1S/C14H25N2P/c1-5-15(6-2)12-10-9-11-13(17)14(12)16(7-3)8-4/h9-11H,5-8,17H2,1-4H3. The Balaban J connectivity index is 3.24. The molecule has 1 rings (SSSR count). The third-order valence-electron chi connectivity index (χ3n) is 3.23. The summed E-state index contributed by atoms with van der Waals surface area (Å²) >= 11 is 0. The van der Waals surface area contributed by atoms with E-state index in [-0.39, 0.29) is 0 Å². The lowest BCUT2D eigenvalue weighted by Crippen LogP contribution is -2.31. The molecule has 0 N–H and O–H groups in total. The molecule has 1 aromatic rings. The average Bonchev–Trinajstić information content (AvgIpc) is 2.35. The van der Waals surface area contributed by atoms with Gasteiger partial charge in [-0.15, -0.1) is 9.24 Å². The Morgan fingerprint density at radius 2 is 1.41 bits per heavy atom. The van der Waals surface area contributed by atoms with Crippen LogP contribution in [0.3, 0.4) is 0 Å². The Morgan fingerprint density at radius 1 is 0.882 bits per heavy atom. The van der Waals surface area contributed by atoms with E-state index in [1.54, 1.807) is 0 Å². The van der Waals surface area contributed by atoms with Crippen LogP contribution in [0.2, 0.25) is 0 Å². The summed E-state index contributed by atoms with van der Waals surface area (Å²) in [5, 5.41) is 1.29. The van der Waals surface area contributed by atoms with E-state index in [0.29, 0.717) is 0 Å². The summed E-state index contributed by atoms with van der Waals surface area (Å²) in [5.41, 5.74) is 2.72. The fourth-order valence-corrected chi connectivity index (χ4v) is 2.69. The minimum absolute atomic E-state index is 1.05. The molecule has 0 saturated heterocycles. The highest BCUT2D eigenvalue weighted by Crippen LogP contribution is 2.28. The minimum Gasteiger partial charge on any atom is -0.370 e. The molecule has 0 bridgehead atoms. The fraction of sp³-hybridized carbons (Fsp3) is 0.571.